The highest BCUT2D eigenvalue weighted by Gasteiger charge is 2.20. The summed E-state index contributed by atoms with van der Waals surface area (Å²) in [4.78, 5) is 24.9. The first-order chi connectivity index (χ1) is 15.4. The first kappa shape index (κ1) is 23.6. The van der Waals surface area contributed by atoms with Gasteiger partial charge in [0.2, 0.25) is 5.91 Å². The molecule has 7 nitrogen and oxygen atoms in total. The van der Waals surface area contributed by atoms with Crippen LogP contribution in [0.3, 0.4) is 0 Å². The Morgan fingerprint density at radius 2 is 1.91 bits per heavy atom. The fraction of sp³-hybridized carbons (Fsp3) is 0.217. The summed E-state index contributed by atoms with van der Waals surface area (Å²) in [6.45, 7) is 8.01. The molecule has 1 atom stereocenters. The molecule has 2 aromatic carbocycles. The third-order valence-corrected chi connectivity index (χ3v) is 5.87. The number of hydrogen-bond donors (Lipinski definition) is 2. The van der Waals surface area contributed by atoms with Crippen molar-refractivity contribution >= 4 is 40.9 Å². The number of para-hydroxylation sites is 1. The lowest BCUT2D eigenvalue weighted by atomic mass is 10.2. The molecule has 1 heterocycles. The number of aryl methyl sites for hydroxylation is 1. The van der Waals surface area contributed by atoms with Crippen molar-refractivity contribution in [2.75, 3.05) is 11.1 Å². The summed E-state index contributed by atoms with van der Waals surface area (Å²) < 4.78 is 1.84. The van der Waals surface area contributed by atoms with E-state index < -0.39 is 6.04 Å². The van der Waals surface area contributed by atoms with Gasteiger partial charge in [-0.05, 0) is 49.7 Å². The maximum Gasteiger partial charge on any atom is 0.251 e. The summed E-state index contributed by atoms with van der Waals surface area (Å²) in [6.07, 6.45) is 1.72. The summed E-state index contributed by atoms with van der Waals surface area (Å²) in [6, 6.07) is 13.8. The monoisotopic (exact) mass is 469 g/mol. The quantitative estimate of drug-likeness (QED) is 0.352. The second-order valence-corrected chi connectivity index (χ2v) is 8.47. The van der Waals surface area contributed by atoms with Crippen molar-refractivity contribution in [3.63, 3.8) is 0 Å². The molecule has 166 valence electrons. The number of benzene rings is 2. The van der Waals surface area contributed by atoms with Crippen LogP contribution in [0.4, 0.5) is 5.69 Å². The van der Waals surface area contributed by atoms with E-state index in [-0.39, 0.29) is 17.6 Å². The molecule has 1 aromatic heterocycles. The van der Waals surface area contributed by atoms with Gasteiger partial charge in [-0.2, -0.15) is 0 Å². The fourth-order valence-electron chi connectivity index (χ4n) is 3.00. The molecule has 0 bridgehead atoms. The highest BCUT2D eigenvalue weighted by Crippen LogP contribution is 2.22. The molecule has 0 aliphatic rings. The van der Waals surface area contributed by atoms with E-state index in [1.165, 1.54) is 11.8 Å². The predicted molar refractivity (Wildman–Crippen MR) is 128 cm³/mol. The van der Waals surface area contributed by atoms with E-state index >= 15 is 0 Å². The highest BCUT2D eigenvalue weighted by molar-refractivity contribution is 7.99. The molecule has 0 aliphatic heterocycles. The summed E-state index contributed by atoms with van der Waals surface area (Å²) in [7, 11) is 0. The van der Waals surface area contributed by atoms with Crippen LogP contribution in [-0.4, -0.2) is 32.3 Å². The largest absolute Gasteiger partial charge is 0.342 e. The van der Waals surface area contributed by atoms with Gasteiger partial charge in [-0.15, -0.1) is 16.8 Å². The lowest BCUT2D eigenvalue weighted by Crippen LogP contribution is -2.28. The zero-order valence-electron chi connectivity index (χ0n) is 17.8. The van der Waals surface area contributed by atoms with Gasteiger partial charge in [-0.25, -0.2) is 0 Å². The standard InChI is InChI=1S/C23H24ClN5O2S/c1-4-13-29-21(16(3)25-22(31)17-9-11-18(24)12-10-17)27-28-23(29)32-14-20(30)26-19-8-6-5-7-15(19)2/h4-12,16H,1,13-14H2,2-3H3,(H,25,31)(H,26,30)/t16-/m1/s1. The van der Waals surface area contributed by atoms with Crippen LogP contribution in [0.1, 0.15) is 34.7 Å². The molecule has 0 radical (unpaired) electrons. The molecule has 3 aromatic rings. The Balaban J connectivity index is 1.66. The Hall–Kier alpha value is -3.10. The van der Waals surface area contributed by atoms with Crippen molar-refractivity contribution in [2.24, 2.45) is 0 Å². The van der Waals surface area contributed by atoms with Gasteiger partial charge in [0.05, 0.1) is 11.8 Å². The fourth-order valence-corrected chi connectivity index (χ4v) is 3.88. The maximum atomic E-state index is 12.5. The predicted octanol–water partition coefficient (Wildman–Crippen LogP) is 4.65. The number of nitrogens with zero attached hydrogens (tertiary/aromatic N) is 3. The van der Waals surface area contributed by atoms with Gasteiger partial charge >= 0.3 is 0 Å². The van der Waals surface area contributed by atoms with Crippen LogP contribution < -0.4 is 10.6 Å². The number of halogens is 1. The second kappa shape index (κ2) is 11.0. The molecule has 0 fully saturated rings. The minimum Gasteiger partial charge on any atom is -0.342 e. The van der Waals surface area contributed by atoms with E-state index in [2.05, 4.69) is 27.4 Å². The summed E-state index contributed by atoms with van der Waals surface area (Å²) in [5.74, 6) is 0.376. The molecule has 0 saturated carbocycles. The number of allylic oxidation sites excluding steroid dienone is 1. The molecular weight excluding hydrogens is 446 g/mol. The summed E-state index contributed by atoms with van der Waals surface area (Å²) in [5.41, 5.74) is 2.27. The van der Waals surface area contributed by atoms with Crippen molar-refractivity contribution in [3.05, 3.63) is 83.2 Å². The van der Waals surface area contributed by atoms with Gasteiger partial charge in [-0.1, -0.05) is 47.6 Å². The Labute approximate surface area is 196 Å². The molecule has 2 N–H and O–H groups in total. The number of hydrogen-bond acceptors (Lipinski definition) is 5. The zero-order valence-corrected chi connectivity index (χ0v) is 19.4. The molecular formula is C23H24ClN5O2S. The van der Waals surface area contributed by atoms with Gasteiger partial charge in [0.25, 0.3) is 5.91 Å². The number of carbonyl (C=O) groups excluding carboxylic acids is 2. The lowest BCUT2D eigenvalue weighted by molar-refractivity contribution is -0.113. The topological polar surface area (TPSA) is 88.9 Å². The Kier molecular flexibility index (Phi) is 8.08. The zero-order chi connectivity index (χ0) is 23.1. The Bertz CT molecular complexity index is 1110. The molecule has 2 amide bonds. The maximum absolute atomic E-state index is 12.5. The molecule has 32 heavy (non-hydrogen) atoms. The van der Waals surface area contributed by atoms with Crippen LogP contribution in [0.15, 0.2) is 66.3 Å². The Morgan fingerprint density at radius 3 is 2.59 bits per heavy atom. The smallest absolute Gasteiger partial charge is 0.251 e. The molecule has 0 unspecified atom stereocenters. The van der Waals surface area contributed by atoms with E-state index in [0.29, 0.717) is 28.1 Å². The van der Waals surface area contributed by atoms with Crippen molar-refractivity contribution in [3.8, 4) is 0 Å². The molecule has 9 heteroatoms. The third-order valence-electron chi connectivity index (χ3n) is 4.65. The molecule has 0 spiro atoms. The number of thioether (sulfide) groups is 1. The van der Waals surface area contributed by atoms with E-state index in [1.54, 1.807) is 30.3 Å². The highest BCUT2D eigenvalue weighted by atomic mass is 35.5. The van der Waals surface area contributed by atoms with Gasteiger partial charge < -0.3 is 15.2 Å². The Morgan fingerprint density at radius 1 is 1.19 bits per heavy atom. The summed E-state index contributed by atoms with van der Waals surface area (Å²) in [5, 5.41) is 15.4. The van der Waals surface area contributed by atoms with Crippen molar-refractivity contribution in [1.82, 2.24) is 20.1 Å². The lowest BCUT2D eigenvalue weighted by Gasteiger charge is -2.15. The van der Waals surface area contributed by atoms with E-state index in [1.807, 2.05) is 42.7 Å². The number of nitrogens with one attached hydrogen (secondary N) is 2. The molecule has 0 saturated heterocycles. The average molecular weight is 470 g/mol. The van der Waals surface area contributed by atoms with Crippen LogP contribution in [0.2, 0.25) is 5.02 Å². The van der Waals surface area contributed by atoms with Gasteiger partial charge in [0, 0.05) is 22.8 Å². The van der Waals surface area contributed by atoms with Crippen LogP contribution in [0.5, 0.6) is 0 Å². The number of amides is 2. The molecule has 3 rings (SSSR count). The first-order valence-electron chi connectivity index (χ1n) is 9.97. The SMILES string of the molecule is C=CCn1c(SCC(=O)Nc2ccccc2C)nnc1[C@@H](C)NC(=O)c1ccc(Cl)cc1. The van der Waals surface area contributed by atoms with Crippen LogP contribution >= 0.6 is 23.4 Å². The normalized spacial score (nSPS) is 11.6. The average Bonchev–Trinajstić information content (AvgIpc) is 3.17. The second-order valence-electron chi connectivity index (χ2n) is 7.09. The minimum absolute atomic E-state index is 0.136. The number of carbonyl (C=O) groups is 2. The summed E-state index contributed by atoms with van der Waals surface area (Å²) >= 11 is 7.17. The first-order valence-corrected chi connectivity index (χ1v) is 11.3. The van der Waals surface area contributed by atoms with Crippen molar-refractivity contribution in [1.29, 1.82) is 0 Å². The van der Waals surface area contributed by atoms with E-state index in [9.17, 15) is 9.59 Å². The van der Waals surface area contributed by atoms with Crippen molar-refractivity contribution < 1.29 is 9.59 Å². The minimum atomic E-state index is -0.402. The van der Waals surface area contributed by atoms with Crippen LogP contribution in [0.25, 0.3) is 0 Å². The molecule has 0 aliphatic carbocycles. The van der Waals surface area contributed by atoms with Crippen molar-refractivity contribution in [2.45, 2.75) is 31.6 Å². The van der Waals surface area contributed by atoms with Gasteiger partial charge in [-0.3, -0.25) is 9.59 Å². The number of rotatable bonds is 9. The van der Waals surface area contributed by atoms with Crippen LogP contribution in [0, 0.1) is 6.92 Å². The number of aromatic nitrogens is 3. The third kappa shape index (κ3) is 5.99. The van der Waals surface area contributed by atoms with Crippen LogP contribution in [-0.2, 0) is 11.3 Å². The number of anilines is 1. The van der Waals surface area contributed by atoms with Gasteiger partial charge in [0.1, 0.15) is 0 Å². The van der Waals surface area contributed by atoms with Gasteiger partial charge in [0.15, 0.2) is 11.0 Å². The van der Waals surface area contributed by atoms with E-state index in [0.717, 1.165) is 11.3 Å². The van der Waals surface area contributed by atoms with E-state index in [4.69, 9.17) is 11.6 Å².